The van der Waals surface area contributed by atoms with Crippen molar-refractivity contribution in [2.75, 3.05) is 11.3 Å². The number of aliphatic hydroxyl groups excluding tert-OH is 1. The fourth-order valence-electron chi connectivity index (χ4n) is 2.23. The van der Waals surface area contributed by atoms with Crippen LogP contribution in [0.1, 0.15) is 25.3 Å². The van der Waals surface area contributed by atoms with E-state index in [2.05, 4.69) is 14.7 Å². The molecule has 0 spiro atoms. The summed E-state index contributed by atoms with van der Waals surface area (Å²) in [5.41, 5.74) is 0.128. The monoisotopic (exact) mass is 431 g/mol. The van der Waals surface area contributed by atoms with E-state index in [0.717, 1.165) is 17.8 Å². The SMILES string of the molecule is CC(CO)Oc1cc(NS(=O)(=O)C2CC2)nc(SCc2cccc(F)c2F)n1. The van der Waals surface area contributed by atoms with Crippen LogP contribution in [-0.4, -0.2) is 41.5 Å². The molecular formula is C17H19F2N3O4S2. The lowest BCUT2D eigenvalue weighted by Crippen LogP contribution is -2.20. The molecule has 11 heteroatoms. The van der Waals surface area contributed by atoms with E-state index < -0.39 is 33.0 Å². The smallest absolute Gasteiger partial charge is 0.236 e. The first-order chi connectivity index (χ1) is 13.3. The Labute approximate surface area is 165 Å². The topological polar surface area (TPSA) is 101 Å². The maximum absolute atomic E-state index is 13.8. The second-order valence-corrected chi connectivity index (χ2v) is 9.24. The van der Waals surface area contributed by atoms with Crippen LogP contribution >= 0.6 is 11.8 Å². The van der Waals surface area contributed by atoms with E-state index in [4.69, 9.17) is 9.84 Å². The number of ether oxygens (including phenoxy) is 1. The van der Waals surface area contributed by atoms with Crippen molar-refractivity contribution in [3.63, 3.8) is 0 Å². The van der Waals surface area contributed by atoms with Crippen LogP contribution in [0.3, 0.4) is 0 Å². The van der Waals surface area contributed by atoms with Gasteiger partial charge in [-0.25, -0.2) is 22.2 Å². The molecule has 1 aliphatic rings. The first-order valence-electron chi connectivity index (χ1n) is 8.52. The van der Waals surface area contributed by atoms with Crippen molar-refractivity contribution in [3.05, 3.63) is 41.5 Å². The largest absolute Gasteiger partial charge is 0.472 e. The number of thioether (sulfide) groups is 1. The normalized spacial score (nSPS) is 15.3. The van der Waals surface area contributed by atoms with Crippen LogP contribution in [0.4, 0.5) is 14.6 Å². The third-order valence-electron chi connectivity index (χ3n) is 3.86. The van der Waals surface area contributed by atoms with Crippen molar-refractivity contribution in [2.45, 2.75) is 42.0 Å². The van der Waals surface area contributed by atoms with Crippen molar-refractivity contribution in [1.82, 2.24) is 9.97 Å². The number of sulfonamides is 1. The molecule has 2 N–H and O–H groups in total. The minimum atomic E-state index is -3.55. The maximum atomic E-state index is 13.8. The molecule has 1 aromatic heterocycles. The van der Waals surface area contributed by atoms with Crippen LogP contribution in [0, 0.1) is 11.6 Å². The Bertz CT molecular complexity index is 955. The molecule has 1 atom stereocenters. The van der Waals surface area contributed by atoms with Gasteiger partial charge in [-0.1, -0.05) is 23.9 Å². The van der Waals surface area contributed by atoms with Crippen molar-refractivity contribution in [3.8, 4) is 5.88 Å². The molecule has 0 saturated heterocycles. The zero-order chi connectivity index (χ0) is 20.3. The lowest BCUT2D eigenvalue weighted by Gasteiger charge is -2.14. The van der Waals surface area contributed by atoms with Gasteiger partial charge in [0.25, 0.3) is 0 Å². The zero-order valence-electron chi connectivity index (χ0n) is 14.9. The highest BCUT2D eigenvalue weighted by atomic mass is 32.2. The summed E-state index contributed by atoms with van der Waals surface area (Å²) in [6.07, 6.45) is 0.610. The number of anilines is 1. The molecule has 1 unspecified atom stereocenters. The molecule has 1 heterocycles. The summed E-state index contributed by atoms with van der Waals surface area (Å²) in [7, 11) is -3.55. The summed E-state index contributed by atoms with van der Waals surface area (Å²) in [6, 6.07) is 5.18. The van der Waals surface area contributed by atoms with Crippen molar-refractivity contribution in [2.24, 2.45) is 0 Å². The summed E-state index contributed by atoms with van der Waals surface area (Å²) in [4.78, 5) is 8.28. The van der Waals surface area contributed by atoms with E-state index in [0.29, 0.717) is 12.8 Å². The van der Waals surface area contributed by atoms with Gasteiger partial charge in [0.15, 0.2) is 16.8 Å². The van der Waals surface area contributed by atoms with Crippen LogP contribution < -0.4 is 9.46 Å². The van der Waals surface area contributed by atoms with E-state index in [1.807, 2.05) is 0 Å². The molecule has 2 aromatic rings. The van der Waals surface area contributed by atoms with E-state index >= 15 is 0 Å². The summed E-state index contributed by atoms with van der Waals surface area (Å²) in [6.45, 7) is 1.36. The van der Waals surface area contributed by atoms with E-state index in [-0.39, 0.29) is 34.8 Å². The van der Waals surface area contributed by atoms with E-state index in [1.54, 1.807) is 6.92 Å². The fraction of sp³-hybridized carbons (Fsp3) is 0.412. The zero-order valence-corrected chi connectivity index (χ0v) is 16.6. The van der Waals surface area contributed by atoms with Crippen LogP contribution in [0.2, 0.25) is 0 Å². The summed E-state index contributed by atoms with van der Waals surface area (Å²) in [5, 5.41) is 8.83. The molecule has 0 aliphatic heterocycles. The van der Waals surface area contributed by atoms with Gasteiger partial charge < -0.3 is 9.84 Å². The average Bonchev–Trinajstić information content (AvgIpc) is 3.48. The minimum absolute atomic E-state index is 0.0178. The third-order valence-corrected chi connectivity index (χ3v) is 6.60. The Morgan fingerprint density at radius 3 is 2.79 bits per heavy atom. The lowest BCUT2D eigenvalue weighted by atomic mass is 10.2. The maximum Gasteiger partial charge on any atom is 0.236 e. The first kappa shape index (κ1) is 20.7. The highest BCUT2D eigenvalue weighted by molar-refractivity contribution is 7.98. The number of nitrogens with one attached hydrogen (secondary N) is 1. The average molecular weight is 431 g/mol. The van der Waals surface area contributed by atoms with Gasteiger partial charge in [0.2, 0.25) is 15.9 Å². The molecule has 1 aliphatic carbocycles. The third kappa shape index (κ3) is 5.30. The van der Waals surface area contributed by atoms with Crippen molar-refractivity contribution >= 4 is 27.6 Å². The van der Waals surface area contributed by atoms with Crippen molar-refractivity contribution < 1.29 is 27.0 Å². The molecule has 28 heavy (non-hydrogen) atoms. The van der Waals surface area contributed by atoms with Gasteiger partial charge in [-0.3, -0.25) is 4.72 Å². The molecule has 1 aromatic carbocycles. The predicted octanol–water partition coefficient (Wildman–Crippen LogP) is 2.71. The van der Waals surface area contributed by atoms with Gasteiger partial charge in [-0.05, 0) is 25.8 Å². The molecule has 152 valence electrons. The molecule has 7 nitrogen and oxygen atoms in total. The number of hydrogen-bond donors (Lipinski definition) is 2. The number of nitrogens with zero attached hydrogens (tertiary/aromatic N) is 2. The summed E-state index contributed by atoms with van der Waals surface area (Å²) >= 11 is 1.00. The number of aromatic nitrogens is 2. The molecule has 1 fully saturated rings. The second kappa shape index (κ2) is 8.58. The van der Waals surface area contributed by atoms with E-state index in [9.17, 15) is 17.2 Å². The molecule has 1 saturated carbocycles. The molecule has 0 amide bonds. The molecule has 3 rings (SSSR count). The fourth-order valence-corrected chi connectivity index (χ4v) is 4.38. The Balaban J connectivity index is 1.82. The highest BCUT2D eigenvalue weighted by Crippen LogP contribution is 2.31. The van der Waals surface area contributed by atoms with Gasteiger partial charge in [0.05, 0.1) is 11.9 Å². The van der Waals surface area contributed by atoms with Gasteiger partial charge in [-0.15, -0.1) is 0 Å². The number of hydrogen-bond acceptors (Lipinski definition) is 7. The lowest BCUT2D eigenvalue weighted by molar-refractivity contribution is 0.124. The van der Waals surface area contributed by atoms with E-state index in [1.165, 1.54) is 18.2 Å². The summed E-state index contributed by atoms with van der Waals surface area (Å²) in [5.74, 6) is -1.79. The Kier molecular flexibility index (Phi) is 6.36. The van der Waals surface area contributed by atoms with Gasteiger partial charge in [0, 0.05) is 17.4 Å². The second-order valence-electron chi connectivity index (χ2n) is 6.33. The van der Waals surface area contributed by atoms with Crippen LogP contribution in [-0.2, 0) is 15.8 Å². The number of aliphatic hydroxyl groups is 1. The quantitative estimate of drug-likeness (QED) is 0.465. The molecular weight excluding hydrogens is 412 g/mol. The number of rotatable bonds is 9. The first-order valence-corrected chi connectivity index (χ1v) is 11.1. The van der Waals surface area contributed by atoms with Crippen LogP contribution in [0.25, 0.3) is 0 Å². The number of benzene rings is 1. The standard InChI is InChI=1S/C17H19F2N3O4S2/c1-10(8-23)26-15-7-14(22-28(24,25)12-5-6-12)20-17(21-15)27-9-11-3-2-4-13(18)16(11)19/h2-4,7,10,12,23H,5-6,8-9H2,1H3,(H,20,21,22). The highest BCUT2D eigenvalue weighted by Gasteiger charge is 2.36. The van der Waals surface area contributed by atoms with Crippen LogP contribution in [0.15, 0.2) is 29.4 Å². The molecule has 0 radical (unpaired) electrons. The summed E-state index contributed by atoms with van der Waals surface area (Å²) < 4.78 is 59.4. The Morgan fingerprint density at radius 1 is 1.36 bits per heavy atom. The molecule has 0 bridgehead atoms. The number of halogens is 2. The Hall–Kier alpha value is -1.98. The van der Waals surface area contributed by atoms with Gasteiger partial charge >= 0.3 is 0 Å². The van der Waals surface area contributed by atoms with Gasteiger partial charge in [0.1, 0.15) is 11.9 Å². The Morgan fingerprint density at radius 2 is 2.11 bits per heavy atom. The minimum Gasteiger partial charge on any atom is -0.472 e. The predicted molar refractivity (Wildman–Crippen MR) is 101 cm³/mol. The van der Waals surface area contributed by atoms with Crippen molar-refractivity contribution in [1.29, 1.82) is 0 Å². The van der Waals surface area contributed by atoms with Crippen LogP contribution in [0.5, 0.6) is 5.88 Å². The van der Waals surface area contributed by atoms with Gasteiger partial charge in [-0.2, -0.15) is 4.98 Å².